The fraction of sp³-hybridized carbons (Fsp3) is 0.385. The second-order valence-electron chi connectivity index (χ2n) is 4.81. The minimum atomic E-state index is -0.611. The van der Waals surface area contributed by atoms with Gasteiger partial charge in [0.2, 0.25) is 0 Å². The van der Waals surface area contributed by atoms with Crippen LogP contribution in [0.5, 0.6) is 0 Å². The maximum absolute atomic E-state index is 11.6. The van der Waals surface area contributed by atoms with Crippen LogP contribution in [0.15, 0.2) is 18.2 Å². The van der Waals surface area contributed by atoms with Crippen molar-refractivity contribution in [2.45, 2.75) is 26.4 Å². The maximum atomic E-state index is 11.6. The van der Waals surface area contributed by atoms with Crippen molar-refractivity contribution in [2.75, 3.05) is 12.4 Å². The first-order chi connectivity index (χ1) is 8.73. The number of carbonyl (C=O) groups excluding carboxylic acids is 2. The van der Waals surface area contributed by atoms with Crippen LogP contribution in [0.3, 0.4) is 0 Å². The van der Waals surface area contributed by atoms with E-state index in [0.29, 0.717) is 11.3 Å². The summed E-state index contributed by atoms with van der Waals surface area (Å²) in [5.74, 6) is -0.495. The van der Waals surface area contributed by atoms with Gasteiger partial charge in [-0.1, -0.05) is 11.6 Å². The van der Waals surface area contributed by atoms with Crippen LogP contribution >= 0.6 is 11.6 Å². The molecule has 0 saturated heterocycles. The number of methoxy groups -OCH3 is 1. The van der Waals surface area contributed by atoms with E-state index >= 15 is 0 Å². The van der Waals surface area contributed by atoms with Gasteiger partial charge in [0.25, 0.3) is 0 Å². The van der Waals surface area contributed by atoms with Crippen molar-refractivity contribution in [2.24, 2.45) is 0 Å². The number of rotatable bonds is 2. The number of ether oxygens (including phenoxy) is 2. The van der Waals surface area contributed by atoms with E-state index in [4.69, 9.17) is 16.3 Å². The van der Waals surface area contributed by atoms with E-state index in [1.165, 1.54) is 25.3 Å². The maximum Gasteiger partial charge on any atom is 0.412 e. The monoisotopic (exact) mass is 285 g/mol. The van der Waals surface area contributed by atoms with Crippen LogP contribution in [0.1, 0.15) is 31.1 Å². The van der Waals surface area contributed by atoms with E-state index < -0.39 is 17.7 Å². The Morgan fingerprint density at radius 3 is 2.37 bits per heavy atom. The molecule has 0 aliphatic heterocycles. The first kappa shape index (κ1) is 15.3. The van der Waals surface area contributed by atoms with E-state index in [9.17, 15) is 9.59 Å². The number of hydrogen-bond acceptors (Lipinski definition) is 4. The number of hydrogen-bond donors (Lipinski definition) is 1. The number of halogens is 1. The lowest BCUT2D eigenvalue weighted by atomic mass is 10.2. The summed E-state index contributed by atoms with van der Waals surface area (Å²) in [5.41, 5.74) is 0.0773. The minimum Gasteiger partial charge on any atom is -0.465 e. The number of carbonyl (C=O) groups is 2. The third-order valence-corrected chi connectivity index (χ3v) is 2.34. The molecule has 0 saturated carbocycles. The molecule has 0 heterocycles. The van der Waals surface area contributed by atoms with Crippen LogP contribution in [-0.4, -0.2) is 24.8 Å². The topological polar surface area (TPSA) is 64.6 Å². The van der Waals surface area contributed by atoms with E-state index in [1.54, 1.807) is 20.8 Å². The van der Waals surface area contributed by atoms with Gasteiger partial charge in [-0.2, -0.15) is 0 Å². The lowest BCUT2D eigenvalue weighted by Crippen LogP contribution is -2.27. The van der Waals surface area contributed by atoms with Crippen molar-refractivity contribution in [3.05, 3.63) is 28.8 Å². The van der Waals surface area contributed by atoms with Crippen molar-refractivity contribution >= 4 is 29.4 Å². The highest BCUT2D eigenvalue weighted by atomic mass is 35.5. The molecule has 19 heavy (non-hydrogen) atoms. The number of nitrogens with one attached hydrogen (secondary N) is 1. The summed E-state index contributed by atoms with van der Waals surface area (Å²) in [6.07, 6.45) is -0.611. The van der Waals surface area contributed by atoms with Crippen molar-refractivity contribution in [1.82, 2.24) is 0 Å². The number of benzene rings is 1. The van der Waals surface area contributed by atoms with Crippen molar-refractivity contribution in [1.29, 1.82) is 0 Å². The molecule has 5 nitrogen and oxygen atoms in total. The van der Waals surface area contributed by atoms with Crippen LogP contribution in [0.4, 0.5) is 10.5 Å². The van der Waals surface area contributed by atoms with Gasteiger partial charge >= 0.3 is 12.1 Å². The van der Waals surface area contributed by atoms with Crippen LogP contribution in [0.2, 0.25) is 5.02 Å². The Morgan fingerprint density at radius 1 is 1.26 bits per heavy atom. The summed E-state index contributed by atoms with van der Waals surface area (Å²) in [5, 5.41) is 2.74. The Morgan fingerprint density at radius 2 is 1.89 bits per heavy atom. The highest BCUT2D eigenvalue weighted by molar-refractivity contribution is 6.34. The predicted octanol–water partition coefficient (Wildman–Crippen LogP) is 3.47. The van der Waals surface area contributed by atoms with Crippen molar-refractivity contribution in [3.63, 3.8) is 0 Å². The summed E-state index contributed by atoms with van der Waals surface area (Å²) in [6.45, 7) is 5.28. The average molecular weight is 286 g/mol. The normalized spacial score (nSPS) is 10.8. The van der Waals surface area contributed by atoms with Gasteiger partial charge in [-0.25, -0.2) is 9.59 Å². The lowest BCUT2D eigenvalue weighted by Gasteiger charge is -2.20. The van der Waals surface area contributed by atoms with Gasteiger partial charge in [-0.05, 0) is 39.0 Å². The zero-order chi connectivity index (χ0) is 14.6. The van der Waals surface area contributed by atoms with Gasteiger partial charge in [0.05, 0.1) is 23.4 Å². The Balaban J connectivity index is 2.81. The molecule has 0 radical (unpaired) electrons. The van der Waals surface area contributed by atoms with Crippen LogP contribution < -0.4 is 5.32 Å². The molecule has 1 N–H and O–H groups in total. The smallest absolute Gasteiger partial charge is 0.412 e. The highest BCUT2D eigenvalue weighted by Crippen LogP contribution is 2.24. The first-order valence-electron chi connectivity index (χ1n) is 5.61. The Bertz CT molecular complexity index is 494. The van der Waals surface area contributed by atoms with Gasteiger partial charge in [0.1, 0.15) is 5.60 Å². The number of amides is 1. The summed E-state index contributed by atoms with van der Waals surface area (Å²) in [6, 6.07) is 4.43. The predicted molar refractivity (Wildman–Crippen MR) is 72.6 cm³/mol. The van der Waals surface area contributed by atoms with E-state index in [1.807, 2.05) is 0 Å². The molecule has 0 aliphatic carbocycles. The second kappa shape index (κ2) is 5.93. The zero-order valence-electron chi connectivity index (χ0n) is 11.2. The van der Waals surface area contributed by atoms with E-state index in [2.05, 4.69) is 10.1 Å². The van der Waals surface area contributed by atoms with Gasteiger partial charge in [-0.15, -0.1) is 0 Å². The molecule has 0 spiro atoms. The molecule has 0 unspecified atom stereocenters. The molecule has 104 valence electrons. The fourth-order valence-corrected chi connectivity index (χ4v) is 1.50. The fourth-order valence-electron chi connectivity index (χ4n) is 1.27. The SMILES string of the molecule is COC(=O)c1ccc(NC(=O)OC(C)(C)C)c(Cl)c1. The van der Waals surface area contributed by atoms with Crippen molar-refractivity contribution in [3.8, 4) is 0 Å². The first-order valence-corrected chi connectivity index (χ1v) is 5.98. The molecular formula is C13H16ClNO4. The molecule has 0 aliphatic rings. The van der Waals surface area contributed by atoms with Gasteiger partial charge in [0, 0.05) is 0 Å². The quantitative estimate of drug-likeness (QED) is 0.845. The third kappa shape index (κ3) is 4.79. The van der Waals surface area contributed by atoms with Crippen LogP contribution in [0, 0.1) is 0 Å². The minimum absolute atomic E-state index is 0.230. The van der Waals surface area contributed by atoms with Crippen LogP contribution in [0.25, 0.3) is 0 Å². The summed E-state index contributed by atoms with van der Waals surface area (Å²) >= 11 is 5.97. The standard InChI is InChI=1S/C13H16ClNO4/c1-13(2,3)19-12(17)15-10-6-5-8(7-9(10)14)11(16)18-4/h5-7H,1-4H3,(H,15,17). The van der Waals surface area contributed by atoms with E-state index in [0.717, 1.165) is 0 Å². The van der Waals surface area contributed by atoms with Gasteiger partial charge < -0.3 is 9.47 Å². The molecule has 0 fully saturated rings. The summed E-state index contributed by atoms with van der Waals surface area (Å²) in [4.78, 5) is 22.9. The Hall–Kier alpha value is -1.75. The largest absolute Gasteiger partial charge is 0.465 e. The molecule has 1 rings (SSSR count). The Labute approximate surface area is 116 Å². The second-order valence-corrected chi connectivity index (χ2v) is 5.22. The molecule has 1 amide bonds. The van der Waals surface area contributed by atoms with Gasteiger partial charge in [0.15, 0.2) is 0 Å². The molecule has 6 heteroatoms. The lowest BCUT2D eigenvalue weighted by molar-refractivity contribution is 0.0599. The van der Waals surface area contributed by atoms with Crippen LogP contribution in [-0.2, 0) is 9.47 Å². The summed E-state index contributed by atoms with van der Waals surface area (Å²) in [7, 11) is 1.28. The zero-order valence-corrected chi connectivity index (χ0v) is 12.0. The Kier molecular flexibility index (Phi) is 4.78. The van der Waals surface area contributed by atoms with Gasteiger partial charge in [-0.3, -0.25) is 5.32 Å². The summed E-state index contributed by atoms with van der Waals surface area (Å²) < 4.78 is 9.66. The molecule has 0 atom stereocenters. The molecule has 1 aromatic rings. The average Bonchev–Trinajstić information content (AvgIpc) is 2.28. The van der Waals surface area contributed by atoms with Crippen molar-refractivity contribution < 1.29 is 19.1 Å². The molecule has 0 aromatic heterocycles. The highest BCUT2D eigenvalue weighted by Gasteiger charge is 2.17. The molecule has 0 bridgehead atoms. The third-order valence-electron chi connectivity index (χ3n) is 2.03. The van der Waals surface area contributed by atoms with E-state index in [-0.39, 0.29) is 5.02 Å². The molecular weight excluding hydrogens is 270 g/mol. The number of anilines is 1. The number of esters is 1. The molecule has 1 aromatic carbocycles.